The van der Waals surface area contributed by atoms with Crippen molar-refractivity contribution in [3.8, 4) is 0 Å². The van der Waals surface area contributed by atoms with Crippen molar-refractivity contribution >= 4 is 46.7 Å². The smallest absolute Gasteiger partial charge is 0.333 e. The van der Waals surface area contributed by atoms with Crippen molar-refractivity contribution in [2.75, 3.05) is 5.88 Å². The van der Waals surface area contributed by atoms with E-state index >= 15 is 0 Å². The number of hydrogen-bond donors (Lipinski definition) is 1. The van der Waals surface area contributed by atoms with Crippen LogP contribution in [0.25, 0.3) is 0 Å². The van der Waals surface area contributed by atoms with Crippen LogP contribution in [-0.4, -0.2) is 51.1 Å². The fraction of sp³-hybridized carbons (Fsp3) is 0.261. The molecule has 3 rings (SSSR count). The number of hydrogen-bond acceptors (Lipinski definition) is 6. The topological polar surface area (TPSA) is 119 Å². The van der Waals surface area contributed by atoms with Crippen LogP contribution < -0.4 is 5.32 Å². The summed E-state index contributed by atoms with van der Waals surface area (Å²) in [4.78, 5) is 49.2. The number of halogens is 2. The van der Waals surface area contributed by atoms with Gasteiger partial charge in [-0.1, -0.05) is 48.5 Å². The number of benzene rings is 2. The molecule has 2 amide bonds. The third-order valence-corrected chi connectivity index (χ3v) is 5.98. The van der Waals surface area contributed by atoms with Crippen molar-refractivity contribution in [1.29, 1.82) is 0 Å². The summed E-state index contributed by atoms with van der Waals surface area (Å²) < 4.78 is 5.29. The van der Waals surface area contributed by atoms with Crippen LogP contribution in [0.1, 0.15) is 11.1 Å². The molecule has 3 unspecified atom stereocenters. The Morgan fingerprint density at radius 2 is 1.79 bits per heavy atom. The first-order valence-corrected chi connectivity index (χ1v) is 11.1. The molecule has 1 heterocycles. The van der Waals surface area contributed by atoms with Crippen molar-refractivity contribution in [1.82, 2.24) is 10.2 Å². The van der Waals surface area contributed by atoms with Gasteiger partial charge in [0.2, 0.25) is 5.91 Å². The van der Waals surface area contributed by atoms with Crippen molar-refractivity contribution in [3.05, 3.63) is 88.0 Å². The fourth-order valence-corrected chi connectivity index (χ4v) is 3.91. The summed E-state index contributed by atoms with van der Waals surface area (Å²) in [5.41, 5.74) is 0.378. The number of carbonyl (C=O) groups excluding carboxylic acids is 3. The Morgan fingerprint density at radius 1 is 1.15 bits per heavy atom. The summed E-state index contributed by atoms with van der Waals surface area (Å²) in [7, 11) is 0. The molecule has 1 aliphatic heterocycles. The summed E-state index contributed by atoms with van der Waals surface area (Å²) in [6.45, 7) is 3.56. The lowest BCUT2D eigenvalue weighted by Crippen LogP contribution is -2.72. The fourth-order valence-electron chi connectivity index (χ4n) is 3.38. The second-order valence-electron chi connectivity index (χ2n) is 7.55. The van der Waals surface area contributed by atoms with Gasteiger partial charge < -0.3 is 15.0 Å². The predicted octanol–water partition coefficient (Wildman–Crippen LogP) is 2.94. The average Bonchev–Trinajstić information content (AvgIpc) is 2.84. The second-order valence-corrected chi connectivity index (χ2v) is 8.27. The number of β-lactam (4-membered cyclic amide) rings is 1. The van der Waals surface area contributed by atoms with Crippen LogP contribution in [0.2, 0.25) is 0 Å². The zero-order valence-electron chi connectivity index (χ0n) is 17.9. The van der Waals surface area contributed by atoms with E-state index in [4.69, 9.17) is 27.9 Å². The van der Waals surface area contributed by atoms with Gasteiger partial charge in [0.25, 0.3) is 11.6 Å². The molecule has 1 saturated heterocycles. The molecule has 34 heavy (non-hydrogen) atoms. The van der Waals surface area contributed by atoms with Gasteiger partial charge in [0.05, 0.1) is 11.3 Å². The lowest BCUT2D eigenvalue weighted by Gasteiger charge is -2.47. The highest BCUT2D eigenvalue weighted by molar-refractivity contribution is 6.27. The molecular weight excluding hydrogens is 485 g/mol. The Balaban J connectivity index is 1.62. The third kappa shape index (κ3) is 5.73. The molecule has 9 nitrogen and oxygen atoms in total. The van der Waals surface area contributed by atoms with Gasteiger partial charge in [-0.15, -0.1) is 11.6 Å². The number of esters is 1. The van der Waals surface area contributed by atoms with Gasteiger partial charge in [-0.05, 0) is 28.8 Å². The second kappa shape index (κ2) is 11.1. The molecule has 11 heteroatoms. The summed E-state index contributed by atoms with van der Waals surface area (Å²) in [6, 6.07) is 12.2. The Labute approximate surface area is 205 Å². The highest BCUT2D eigenvalue weighted by Gasteiger charge is 2.53. The van der Waals surface area contributed by atoms with Crippen LogP contribution in [0.15, 0.2) is 66.7 Å². The molecule has 1 N–H and O–H groups in total. The third-order valence-electron chi connectivity index (χ3n) is 5.17. The lowest BCUT2D eigenvalue weighted by molar-refractivity contribution is -0.384. The molecule has 2 aromatic carbocycles. The maximum absolute atomic E-state index is 12.8. The van der Waals surface area contributed by atoms with E-state index in [0.717, 1.165) is 10.5 Å². The van der Waals surface area contributed by atoms with E-state index in [2.05, 4.69) is 11.9 Å². The number of nitro benzene ring substituents is 1. The number of non-ortho nitro benzene ring substituents is 1. The number of ether oxygens (including phenoxy) is 1. The van der Waals surface area contributed by atoms with E-state index in [1.54, 1.807) is 24.3 Å². The van der Waals surface area contributed by atoms with Crippen LogP contribution in [0, 0.1) is 10.1 Å². The largest absolute Gasteiger partial charge is 0.459 e. The standard InChI is InChI=1S/C23H21Cl2N3O6/c1-14(12-24)20(23(31)34-13-16-7-9-17(10-8-16)28(32)33)27-21(25)19(22(27)30)26-18(29)11-15-5-3-2-4-6-15/h2-10,19-21H,1,11-13H2,(H,26,29). The van der Waals surface area contributed by atoms with Gasteiger partial charge >= 0.3 is 5.97 Å². The molecule has 0 radical (unpaired) electrons. The van der Waals surface area contributed by atoms with E-state index < -0.39 is 34.4 Å². The van der Waals surface area contributed by atoms with Crippen LogP contribution in [-0.2, 0) is 32.1 Å². The molecule has 0 spiro atoms. The predicted molar refractivity (Wildman–Crippen MR) is 125 cm³/mol. The first-order valence-electron chi connectivity index (χ1n) is 10.2. The van der Waals surface area contributed by atoms with E-state index in [1.165, 1.54) is 24.3 Å². The van der Waals surface area contributed by atoms with Crippen molar-refractivity contribution < 1.29 is 24.0 Å². The number of alkyl halides is 2. The van der Waals surface area contributed by atoms with E-state index in [0.29, 0.717) is 5.56 Å². The maximum Gasteiger partial charge on any atom is 0.333 e. The monoisotopic (exact) mass is 505 g/mol. The Bertz CT molecular complexity index is 1090. The number of carbonyl (C=O) groups is 3. The van der Waals surface area contributed by atoms with E-state index in [1.807, 2.05) is 6.07 Å². The summed E-state index contributed by atoms with van der Waals surface area (Å²) in [6.07, 6.45) is 0.0727. The normalized spacial score (nSPS) is 17.9. The quantitative estimate of drug-likeness (QED) is 0.101. The van der Waals surface area contributed by atoms with Crippen molar-refractivity contribution in [2.45, 2.75) is 30.6 Å². The van der Waals surface area contributed by atoms with E-state index in [9.17, 15) is 24.5 Å². The van der Waals surface area contributed by atoms with Gasteiger partial charge in [-0.3, -0.25) is 19.7 Å². The highest BCUT2D eigenvalue weighted by Crippen LogP contribution is 2.30. The molecule has 0 aliphatic carbocycles. The maximum atomic E-state index is 12.8. The average molecular weight is 506 g/mol. The number of nitrogens with zero attached hydrogens (tertiary/aromatic N) is 2. The number of nitro groups is 1. The van der Waals surface area contributed by atoms with Crippen LogP contribution in [0.4, 0.5) is 5.69 Å². The van der Waals surface area contributed by atoms with Crippen LogP contribution >= 0.6 is 23.2 Å². The van der Waals surface area contributed by atoms with Crippen molar-refractivity contribution in [3.63, 3.8) is 0 Å². The minimum absolute atomic E-state index is 0.0727. The highest BCUT2D eigenvalue weighted by atomic mass is 35.5. The zero-order chi connectivity index (χ0) is 24.8. The lowest BCUT2D eigenvalue weighted by atomic mass is 9.99. The molecule has 1 fully saturated rings. The van der Waals surface area contributed by atoms with Crippen LogP contribution in [0.5, 0.6) is 0 Å². The van der Waals surface area contributed by atoms with Gasteiger partial charge in [0.1, 0.15) is 18.1 Å². The first-order chi connectivity index (χ1) is 16.2. The number of amides is 2. The zero-order valence-corrected chi connectivity index (χ0v) is 19.4. The minimum Gasteiger partial charge on any atom is -0.459 e. The molecule has 0 bridgehead atoms. The van der Waals surface area contributed by atoms with Crippen LogP contribution in [0.3, 0.4) is 0 Å². The van der Waals surface area contributed by atoms with Gasteiger partial charge in [0.15, 0.2) is 6.04 Å². The SMILES string of the molecule is C=C(CCl)C(C(=O)OCc1ccc([N+](=O)[O-])cc1)N1C(=O)C(NC(=O)Cc2ccccc2)C1Cl. The summed E-state index contributed by atoms with van der Waals surface area (Å²) in [5, 5.41) is 13.3. The molecule has 178 valence electrons. The Hall–Kier alpha value is -3.43. The molecule has 1 aliphatic rings. The van der Waals surface area contributed by atoms with Crippen molar-refractivity contribution in [2.24, 2.45) is 0 Å². The van der Waals surface area contributed by atoms with E-state index in [-0.39, 0.29) is 36.1 Å². The number of nitrogens with one attached hydrogen (secondary N) is 1. The van der Waals surface area contributed by atoms with Gasteiger partial charge in [-0.2, -0.15) is 0 Å². The Morgan fingerprint density at radius 3 is 2.35 bits per heavy atom. The molecule has 2 aromatic rings. The summed E-state index contributed by atoms with van der Waals surface area (Å²) in [5.74, 6) is -1.89. The summed E-state index contributed by atoms with van der Waals surface area (Å²) >= 11 is 12.2. The number of likely N-dealkylation sites (tertiary alicyclic amines) is 1. The molecule has 0 saturated carbocycles. The van der Waals surface area contributed by atoms with Gasteiger partial charge in [-0.25, -0.2) is 4.79 Å². The number of rotatable bonds is 10. The minimum atomic E-state index is -1.24. The molecule has 3 atom stereocenters. The van der Waals surface area contributed by atoms with Gasteiger partial charge in [0, 0.05) is 18.0 Å². The molecular formula is C23H21Cl2N3O6. The molecule has 0 aromatic heterocycles. The Kier molecular flexibility index (Phi) is 8.25. The first kappa shape index (κ1) is 25.2.